The van der Waals surface area contributed by atoms with E-state index >= 15 is 0 Å². The maximum atomic E-state index is 14.8. The molecule has 2 aliphatic rings. The van der Waals surface area contributed by atoms with Crippen molar-refractivity contribution in [2.45, 2.75) is 24.9 Å². The molecule has 0 saturated heterocycles. The number of thiocarbonyl (C=S) groups is 1. The van der Waals surface area contributed by atoms with E-state index in [1.807, 2.05) is 0 Å². The van der Waals surface area contributed by atoms with Gasteiger partial charge in [-0.3, -0.25) is 9.69 Å². The Bertz CT molecular complexity index is 1020. The molecule has 1 aliphatic heterocycles. The van der Waals surface area contributed by atoms with E-state index in [1.165, 1.54) is 25.1 Å². The van der Waals surface area contributed by atoms with Crippen LogP contribution in [0.25, 0.3) is 0 Å². The van der Waals surface area contributed by atoms with E-state index < -0.39 is 29.3 Å². The average molecular weight is 485 g/mol. The number of esters is 1. The number of amides is 3. The van der Waals surface area contributed by atoms with Crippen molar-refractivity contribution in [3.8, 4) is 0 Å². The number of imide groups is 1. The van der Waals surface area contributed by atoms with Gasteiger partial charge in [-0.15, -0.1) is 0 Å². The highest BCUT2D eigenvalue weighted by molar-refractivity contribution is 7.80. The minimum absolute atomic E-state index is 0.00312. The summed E-state index contributed by atoms with van der Waals surface area (Å²) in [7, 11) is 5.89. The molecular weight excluding hydrogens is 463 g/mol. The van der Waals surface area contributed by atoms with Gasteiger partial charge >= 0.3 is 12.0 Å². The second-order valence-corrected chi connectivity index (χ2v) is 8.44. The molecule has 1 aromatic carbocycles. The number of halogens is 2. The smallest absolute Gasteiger partial charge is 0.353 e. The van der Waals surface area contributed by atoms with E-state index in [0.717, 1.165) is 11.0 Å². The van der Waals surface area contributed by atoms with Crippen molar-refractivity contribution >= 4 is 58.7 Å². The largest absolute Gasteiger partial charge is 0.466 e. The van der Waals surface area contributed by atoms with Crippen LogP contribution in [0, 0.1) is 11.7 Å². The fraction of sp³-hybridized carbons (Fsp3) is 0.450. The van der Waals surface area contributed by atoms with Crippen LogP contribution < -0.4 is 4.90 Å². The van der Waals surface area contributed by atoms with E-state index in [2.05, 4.69) is 5.16 Å². The minimum Gasteiger partial charge on any atom is -0.466 e. The van der Waals surface area contributed by atoms with Crippen LogP contribution in [0.2, 0.25) is 5.02 Å². The normalized spacial score (nSPS) is 21.2. The van der Waals surface area contributed by atoms with Crippen LogP contribution in [0.5, 0.6) is 0 Å². The number of nitrogens with zero attached hydrogens (tertiary/aromatic N) is 4. The predicted octanol–water partition coefficient (Wildman–Crippen LogP) is 2.79. The second-order valence-electron chi connectivity index (χ2n) is 7.67. The van der Waals surface area contributed by atoms with Gasteiger partial charge in [0.25, 0.3) is 0 Å². The summed E-state index contributed by atoms with van der Waals surface area (Å²) >= 11 is 11.4. The summed E-state index contributed by atoms with van der Waals surface area (Å²) in [6.45, 7) is 0. The zero-order valence-corrected chi connectivity index (χ0v) is 19.5. The number of anilines is 1. The lowest BCUT2D eigenvalue weighted by molar-refractivity contribution is -0.168. The maximum Gasteiger partial charge on any atom is 0.353 e. The Kier molecular flexibility index (Phi) is 6.70. The molecule has 9 nitrogen and oxygen atoms in total. The molecule has 0 N–H and O–H groups in total. The summed E-state index contributed by atoms with van der Waals surface area (Å²) in [5.74, 6) is -1.91. The number of fused-ring (bicyclic) bond motifs is 1. The van der Waals surface area contributed by atoms with Crippen molar-refractivity contribution < 1.29 is 28.3 Å². The third kappa shape index (κ3) is 3.79. The fourth-order valence-electron chi connectivity index (χ4n) is 4.00. The van der Waals surface area contributed by atoms with Gasteiger partial charge < -0.3 is 14.5 Å². The topological polar surface area (TPSA) is 91.8 Å². The molecule has 3 amide bonds. The number of methoxy groups -OCH3 is 1. The SMILES string of the molecule is COC(=O)C12CCCC1C(c1cc(N(C=O)C(=O)N(C)C(=S)N(C)C)c(F)cc1Cl)=NO2. The molecular formula is C20H22ClFN4O5S. The summed E-state index contributed by atoms with van der Waals surface area (Å²) in [6.07, 6.45) is 1.87. The maximum absolute atomic E-state index is 14.8. The summed E-state index contributed by atoms with van der Waals surface area (Å²) in [4.78, 5) is 45.7. The first-order chi connectivity index (χ1) is 15.1. The quantitative estimate of drug-likeness (QED) is 0.368. The number of rotatable bonds is 4. The second kappa shape index (κ2) is 8.99. The summed E-state index contributed by atoms with van der Waals surface area (Å²) in [5, 5.41) is 4.18. The van der Waals surface area contributed by atoms with Gasteiger partial charge in [0.15, 0.2) is 5.11 Å². The standard InChI is InChI=1S/C20H22ClFN4O5S/c1-24(2)19(32)25(3)18(29)26(10-27)15-8-11(13(21)9-14(15)22)16-12-6-5-7-20(12,31-23-16)17(28)30-4/h8-10,12H,5-7H2,1-4H3. The average Bonchev–Trinajstić information content (AvgIpc) is 3.34. The van der Waals surface area contributed by atoms with Crippen molar-refractivity contribution in [1.82, 2.24) is 9.80 Å². The van der Waals surface area contributed by atoms with E-state index in [4.69, 9.17) is 33.4 Å². The molecule has 1 heterocycles. The molecule has 0 spiro atoms. The van der Waals surface area contributed by atoms with Gasteiger partial charge in [0.05, 0.1) is 29.4 Å². The fourth-order valence-corrected chi connectivity index (χ4v) is 4.32. The first-order valence-electron chi connectivity index (χ1n) is 9.66. The van der Waals surface area contributed by atoms with Crippen molar-refractivity contribution in [2.75, 3.05) is 33.2 Å². The number of benzene rings is 1. The van der Waals surface area contributed by atoms with Gasteiger partial charge in [-0.25, -0.2) is 18.9 Å². The number of carbonyl (C=O) groups is 3. The Balaban J connectivity index is 2.01. The van der Waals surface area contributed by atoms with Crippen LogP contribution in [0.15, 0.2) is 17.3 Å². The molecule has 1 saturated carbocycles. The lowest BCUT2D eigenvalue weighted by atomic mass is 9.84. The monoisotopic (exact) mass is 484 g/mol. The molecule has 1 fully saturated rings. The third-order valence-electron chi connectivity index (χ3n) is 5.61. The van der Waals surface area contributed by atoms with Crippen molar-refractivity contribution in [3.63, 3.8) is 0 Å². The third-order valence-corrected chi connectivity index (χ3v) is 6.56. The molecule has 3 rings (SSSR count). The Morgan fingerprint density at radius 2 is 2.06 bits per heavy atom. The highest BCUT2D eigenvalue weighted by Gasteiger charge is 2.59. The van der Waals surface area contributed by atoms with Gasteiger partial charge in [-0.1, -0.05) is 16.8 Å². The zero-order chi connectivity index (χ0) is 23.8. The molecule has 172 valence electrons. The minimum atomic E-state index is -1.26. The molecule has 1 aliphatic carbocycles. The molecule has 0 radical (unpaired) electrons. The van der Waals surface area contributed by atoms with Crippen LogP contribution in [-0.4, -0.2) is 72.9 Å². The van der Waals surface area contributed by atoms with Crippen LogP contribution in [0.3, 0.4) is 0 Å². The number of carbonyl (C=O) groups excluding carboxylic acids is 3. The predicted molar refractivity (Wildman–Crippen MR) is 119 cm³/mol. The summed E-state index contributed by atoms with van der Waals surface area (Å²) in [6, 6.07) is 1.36. The summed E-state index contributed by atoms with van der Waals surface area (Å²) < 4.78 is 19.7. The molecule has 32 heavy (non-hydrogen) atoms. The van der Waals surface area contributed by atoms with E-state index in [1.54, 1.807) is 14.1 Å². The van der Waals surface area contributed by atoms with Gasteiger partial charge in [-0.2, -0.15) is 0 Å². The summed E-state index contributed by atoms with van der Waals surface area (Å²) in [5.41, 5.74) is -1.03. The number of ether oxygens (including phenoxy) is 1. The lowest BCUT2D eigenvalue weighted by Crippen LogP contribution is -2.47. The van der Waals surface area contributed by atoms with Crippen molar-refractivity contribution in [3.05, 3.63) is 28.5 Å². The van der Waals surface area contributed by atoms with Gasteiger partial charge in [0.2, 0.25) is 12.0 Å². The number of hydrogen-bond acceptors (Lipinski definition) is 7. The first-order valence-corrected chi connectivity index (χ1v) is 10.4. The van der Waals surface area contributed by atoms with Crippen LogP contribution in [0.4, 0.5) is 14.9 Å². The molecule has 1 aromatic rings. The van der Waals surface area contributed by atoms with Crippen LogP contribution >= 0.6 is 23.8 Å². The Hall–Kier alpha value is -2.79. The Labute approximate surface area is 194 Å². The van der Waals surface area contributed by atoms with Gasteiger partial charge in [0, 0.05) is 33.1 Å². The molecule has 0 aromatic heterocycles. The van der Waals surface area contributed by atoms with Crippen LogP contribution in [0.1, 0.15) is 24.8 Å². The molecule has 0 bridgehead atoms. The lowest BCUT2D eigenvalue weighted by Gasteiger charge is -2.28. The van der Waals surface area contributed by atoms with E-state index in [0.29, 0.717) is 29.9 Å². The van der Waals surface area contributed by atoms with Crippen LogP contribution in [-0.2, 0) is 19.2 Å². The molecule has 12 heteroatoms. The van der Waals surface area contributed by atoms with Crippen molar-refractivity contribution in [1.29, 1.82) is 0 Å². The zero-order valence-electron chi connectivity index (χ0n) is 17.9. The highest BCUT2D eigenvalue weighted by Crippen LogP contribution is 2.47. The van der Waals surface area contributed by atoms with E-state index in [-0.39, 0.29) is 27.8 Å². The Morgan fingerprint density at radius 3 is 2.66 bits per heavy atom. The van der Waals surface area contributed by atoms with E-state index in [9.17, 15) is 18.8 Å². The van der Waals surface area contributed by atoms with Crippen molar-refractivity contribution in [2.24, 2.45) is 11.1 Å². The van der Waals surface area contributed by atoms with Gasteiger partial charge in [0.1, 0.15) is 5.82 Å². The number of oxime groups is 1. The highest BCUT2D eigenvalue weighted by atomic mass is 35.5. The number of urea groups is 1. The first kappa shape index (κ1) is 23.9. The Morgan fingerprint density at radius 1 is 1.38 bits per heavy atom. The number of hydrogen-bond donors (Lipinski definition) is 0. The molecule has 2 atom stereocenters. The molecule has 2 unspecified atom stereocenters. The van der Waals surface area contributed by atoms with Gasteiger partial charge in [-0.05, 0) is 37.2 Å².